The topological polar surface area (TPSA) is 229 Å². The molecular formula is C72H110Ac2O12. The molecule has 6 atom stereocenters. The maximum atomic E-state index is 10.5. The summed E-state index contributed by atoms with van der Waals surface area (Å²) in [5.41, 5.74) is 18.9. The third-order valence-corrected chi connectivity index (χ3v) is 13.6. The van der Waals surface area contributed by atoms with E-state index in [1.807, 2.05) is 105 Å². The molecule has 14 heteroatoms. The quantitative estimate of drug-likeness (QED) is 0.0522. The molecule has 6 unspecified atom stereocenters. The van der Waals surface area contributed by atoms with E-state index in [4.69, 9.17) is 30.3 Å². The molecule has 0 saturated carbocycles. The first-order valence-electron chi connectivity index (χ1n) is 27.2. The van der Waals surface area contributed by atoms with Gasteiger partial charge in [0.2, 0.25) is 0 Å². The van der Waals surface area contributed by atoms with Crippen molar-refractivity contribution in [3.05, 3.63) is 221 Å². The Morgan fingerprint density at radius 1 is 0.465 bits per heavy atom. The first-order chi connectivity index (χ1) is 37.9. The van der Waals surface area contributed by atoms with Gasteiger partial charge in [0, 0.05) is 88.1 Å². The van der Waals surface area contributed by atoms with Crippen molar-refractivity contribution in [3.8, 4) is 0 Å². The van der Waals surface area contributed by atoms with Crippen LogP contribution in [0.1, 0.15) is 189 Å². The molecule has 476 valence electrons. The van der Waals surface area contributed by atoms with E-state index in [9.17, 15) is 30.0 Å². The average Bonchev–Trinajstić information content (AvgIpc) is 2.77. The number of aliphatic hydroxyl groups excluding tert-OH is 7. The van der Waals surface area contributed by atoms with E-state index in [0.717, 1.165) is 33.4 Å². The number of aryl methyl sites for hydroxylation is 6. The molecule has 1 heterocycles. The van der Waals surface area contributed by atoms with Crippen molar-refractivity contribution in [2.24, 2.45) is 0 Å². The number of rotatable bonds is 12. The summed E-state index contributed by atoms with van der Waals surface area (Å²) in [4.78, 5) is 21.0. The van der Waals surface area contributed by atoms with Crippen LogP contribution in [-0.4, -0.2) is 89.9 Å². The summed E-state index contributed by atoms with van der Waals surface area (Å²) in [5.74, 6) is -2.43. The Kier molecular flexibility index (Phi) is 58.1. The van der Waals surface area contributed by atoms with Crippen LogP contribution in [0.2, 0.25) is 0 Å². The Hall–Kier alpha value is -3.70. The van der Waals surface area contributed by atoms with Crippen LogP contribution in [0.3, 0.4) is 0 Å². The second-order valence-electron chi connectivity index (χ2n) is 18.8. The molecular weight excluding hydrogens is 1510 g/mol. The first-order valence-corrected chi connectivity index (χ1v) is 27.2. The summed E-state index contributed by atoms with van der Waals surface area (Å²) in [6, 6.07) is 34.8. The van der Waals surface area contributed by atoms with E-state index < -0.39 is 43.0 Å². The van der Waals surface area contributed by atoms with Crippen LogP contribution in [0.4, 0.5) is 0 Å². The van der Waals surface area contributed by atoms with Gasteiger partial charge in [-0.15, -0.1) is 0 Å². The van der Waals surface area contributed by atoms with Crippen molar-refractivity contribution in [3.63, 3.8) is 0 Å². The standard InChI is InChI=1S/C11H16O3.C11H14O2.C11H14O.C11H14.2C10H12O3.2C2H6.4CH4.2Ac/c1-7-4-3-5-9(8(7)2)11(14)10(13)6-12;1-7-4-3-5-9(8(7)2)11-10(6-12)13-11;1-9-5-3-6-11(10(9)2)7-4-8-12;1-4-6-11-8-5-7-9(2)10(11)3;2*1-6-4-3-5-8(7(6)2)9(11)10(12)13;2*1-2;;;;;;/h3-5,10-14H,6H2,1-2H3;3-5,10-12H,6H2,1-2H3;3-7,12H,8H2,1-2H3;4-8H,1-3H3;2*3-5,9,11H,1-2H3,(H,12,13);2*1-2H3;4*1H4;;/b;;7-4+;6-4+;;;;;;;;;;. The van der Waals surface area contributed by atoms with Crippen LogP contribution >= 0.6 is 0 Å². The van der Waals surface area contributed by atoms with Crippen LogP contribution < -0.4 is 0 Å². The van der Waals surface area contributed by atoms with Crippen molar-refractivity contribution in [1.29, 1.82) is 0 Å². The number of hydrogen-bond donors (Lipinski definition) is 9. The molecule has 0 bridgehead atoms. The Morgan fingerprint density at radius 3 is 1.10 bits per heavy atom. The van der Waals surface area contributed by atoms with Crippen molar-refractivity contribution in [2.75, 3.05) is 19.8 Å². The van der Waals surface area contributed by atoms with Crippen molar-refractivity contribution >= 4 is 24.1 Å². The van der Waals surface area contributed by atoms with Crippen molar-refractivity contribution in [2.45, 2.75) is 184 Å². The Balaban J connectivity index is -0.000000170. The Morgan fingerprint density at radius 2 is 0.779 bits per heavy atom. The summed E-state index contributed by atoms with van der Waals surface area (Å²) in [6.07, 6.45) is 3.11. The smallest absolute Gasteiger partial charge is 0.337 e. The zero-order valence-electron chi connectivity index (χ0n) is 51.7. The molecule has 1 aliphatic rings. The molecule has 9 N–H and O–H groups in total. The second kappa shape index (κ2) is 52.1. The van der Waals surface area contributed by atoms with Crippen molar-refractivity contribution in [1.82, 2.24) is 0 Å². The Bertz CT molecular complexity index is 2790. The molecule has 0 spiro atoms. The van der Waals surface area contributed by atoms with E-state index >= 15 is 0 Å². The van der Waals surface area contributed by atoms with Gasteiger partial charge in [-0.25, -0.2) is 9.59 Å². The van der Waals surface area contributed by atoms with Gasteiger partial charge in [0.05, 0.1) is 19.8 Å². The van der Waals surface area contributed by atoms with Gasteiger partial charge in [0.1, 0.15) is 24.4 Å². The zero-order chi connectivity index (χ0) is 61.4. The minimum atomic E-state index is -1.42. The van der Waals surface area contributed by atoms with E-state index in [2.05, 4.69) is 96.2 Å². The molecule has 7 rings (SSSR count). The van der Waals surface area contributed by atoms with Crippen LogP contribution in [0.15, 0.2) is 121 Å². The largest absolute Gasteiger partial charge is 0.479 e. The van der Waals surface area contributed by atoms with Gasteiger partial charge >= 0.3 is 11.9 Å². The van der Waals surface area contributed by atoms with E-state index in [0.29, 0.717) is 16.7 Å². The van der Waals surface area contributed by atoms with Crippen LogP contribution in [0.25, 0.3) is 12.2 Å². The fourth-order valence-electron chi connectivity index (χ4n) is 7.71. The number of benzene rings is 6. The predicted molar refractivity (Wildman–Crippen MR) is 354 cm³/mol. The maximum Gasteiger partial charge on any atom is 0.337 e. The zero-order valence-corrected chi connectivity index (χ0v) is 61.2. The number of hydrogen-bond acceptors (Lipinski definition) is 10. The van der Waals surface area contributed by atoms with Crippen LogP contribution in [-0.2, 0) is 14.3 Å². The molecule has 1 fully saturated rings. The number of carbonyl (C=O) groups is 2. The van der Waals surface area contributed by atoms with Crippen LogP contribution in [0, 0.1) is 171 Å². The average molecular weight is 1620 g/mol. The number of ether oxygens (including phenoxy) is 1. The van der Waals surface area contributed by atoms with E-state index in [1.165, 1.54) is 50.1 Å². The summed E-state index contributed by atoms with van der Waals surface area (Å²) in [6.45, 7) is 33.7. The maximum absolute atomic E-state index is 10.5. The minimum Gasteiger partial charge on any atom is -0.479 e. The summed E-state index contributed by atoms with van der Waals surface area (Å²) in [5, 5.41) is 81.0. The minimum absolute atomic E-state index is 0. The number of aliphatic hydroxyl groups is 7. The molecule has 1 aliphatic heterocycles. The predicted octanol–water partition coefficient (Wildman–Crippen LogP) is 15.5. The molecule has 6 aromatic rings. The fourth-order valence-corrected chi connectivity index (χ4v) is 7.71. The molecule has 6 aromatic carbocycles. The number of epoxide rings is 1. The van der Waals surface area contributed by atoms with Gasteiger partial charge in [-0.05, 0) is 190 Å². The third kappa shape index (κ3) is 32.2. The van der Waals surface area contributed by atoms with Gasteiger partial charge in [-0.1, -0.05) is 191 Å². The number of carboxylic acid groups (broad SMARTS) is 2. The van der Waals surface area contributed by atoms with E-state index in [-0.39, 0.29) is 143 Å². The monoisotopic (exact) mass is 1620 g/mol. The van der Waals surface area contributed by atoms with Gasteiger partial charge in [0.25, 0.3) is 0 Å². The molecule has 0 amide bonds. The van der Waals surface area contributed by atoms with Crippen LogP contribution in [0.5, 0.6) is 0 Å². The SMILES string of the molecule is C.C.C.C.C/C=C/c1cccc(C)c1C.CC.CC.Cc1cccc(/C=C/CO)c1C.Cc1cccc(C(O)C(=O)O)c1C.Cc1cccc(C(O)C(=O)O)c1C.Cc1cccc(C(O)C(O)CO)c1C.Cc1cccc(C2OC2CO)c1C.[Ac].[Ac]. The summed E-state index contributed by atoms with van der Waals surface area (Å²) in [7, 11) is 0. The Labute approximate surface area is 591 Å². The first kappa shape index (κ1) is 95.9. The number of aliphatic carboxylic acids is 2. The molecule has 1 saturated heterocycles. The second-order valence-corrected chi connectivity index (χ2v) is 18.8. The summed E-state index contributed by atoms with van der Waals surface area (Å²) < 4.78 is 5.34. The van der Waals surface area contributed by atoms with Gasteiger partial charge in [0.15, 0.2) is 12.2 Å². The van der Waals surface area contributed by atoms with E-state index in [1.54, 1.807) is 50.3 Å². The normalized spacial score (nSPS) is 13.3. The molecule has 86 heavy (non-hydrogen) atoms. The summed E-state index contributed by atoms with van der Waals surface area (Å²) >= 11 is 0. The molecule has 2 radical (unpaired) electrons. The fraction of sp³-hybridized carbons (Fsp3) is 0.417. The molecule has 0 aliphatic carbocycles. The van der Waals surface area contributed by atoms with Gasteiger partial charge < -0.3 is 50.7 Å². The molecule has 0 aromatic heterocycles. The van der Waals surface area contributed by atoms with Gasteiger partial charge in [-0.3, -0.25) is 0 Å². The number of allylic oxidation sites excluding steroid dienone is 1. The molecule has 12 nitrogen and oxygen atoms in total. The van der Waals surface area contributed by atoms with Crippen molar-refractivity contribution < 1.29 is 148 Å². The third-order valence-electron chi connectivity index (χ3n) is 13.6. The van der Waals surface area contributed by atoms with Gasteiger partial charge in [-0.2, -0.15) is 0 Å². The number of carboxylic acids is 2.